The molecule has 1 unspecified atom stereocenters. The van der Waals surface area contributed by atoms with Crippen LogP contribution in [0.4, 0.5) is 15.3 Å². The molecule has 0 aliphatic heterocycles. The summed E-state index contributed by atoms with van der Waals surface area (Å²) < 4.78 is 17.3. The number of esters is 1. The first kappa shape index (κ1) is 42.3. The summed E-state index contributed by atoms with van der Waals surface area (Å²) in [5.41, 5.74) is 1.77. The number of hydrogen-bond donors (Lipinski definition) is 2. The number of ketones is 2. The number of nitrogens with one attached hydrogen (secondary N) is 2. The number of rotatable bonds is 9. The molecule has 0 spiro atoms. The number of guanidine groups is 1. The zero-order valence-corrected chi connectivity index (χ0v) is 34.3. The Hall–Kier alpha value is -5.89. The van der Waals surface area contributed by atoms with E-state index in [0.717, 1.165) is 26.8 Å². The van der Waals surface area contributed by atoms with Gasteiger partial charge in [-0.05, 0) is 151 Å². The SMILES string of the molecule is CC(=O)CN(Cc1ccc2sc(C(C)=O)cc2c1)C(=O)C1CCc2cc(OC(=O)c3ccc(N=C(NC(=O)OC(C)(C)C)NC(=O)OC(C)(C)C)cc3)ccc2C1. The second kappa shape index (κ2) is 17.5. The summed E-state index contributed by atoms with van der Waals surface area (Å²) in [7, 11) is 0. The minimum atomic E-state index is -0.839. The van der Waals surface area contributed by atoms with Crippen molar-refractivity contribution in [3.63, 3.8) is 0 Å². The summed E-state index contributed by atoms with van der Waals surface area (Å²) in [4.78, 5) is 82.6. The second-order valence-corrected chi connectivity index (χ2v) is 17.0. The fourth-order valence-electron chi connectivity index (χ4n) is 6.18. The number of nitrogens with zero attached hydrogens (tertiary/aromatic N) is 2. The molecule has 0 saturated carbocycles. The van der Waals surface area contributed by atoms with Crippen molar-refractivity contribution in [1.82, 2.24) is 15.5 Å². The quantitative estimate of drug-likeness (QED) is 0.0559. The van der Waals surface area contributed by atoms with Gasteiger partial charge < -0.3 is 19.1 Å². The number of carbonyl (C=O) groups excluding carboxylic acids is 6. The number of aryl methyl sites for hydroxylation is 1. The number of benzene rings is 3. The van der Waals surface area contributed by atoms with Gasteiger partial charge in [-0.15, -0.1) is 11.3 Å². The minimum absolute atomic E-state index is 0.00210. The smallest absolute Gasteiger partial charge is 0.414 e. The van der Waals surface area contributed by atoms with E-state index in [9.17, 15) is 28.8 Å². The predicted octanol–water partition coefficient (Wildman–Crippen LogP) is 8.08. The summed E-state index contributed by atoms with van der Waals surface area (Å²) in [5.74, 6) is -1.01. The topological polar surface area (TPSA) is 170 Å². The highest BCUT2D eigenvalue weighted by atomic mass is 32.1. The van der Waals surface area contributed by atoms with Crippen LogP contribution in [0.3, 0.4) is 0 Å². The van der Waals surface area contributed by atoms with Crippen LogP contribution in [0.25, 0.3) is 10.1 Å². The van der Waals surface area contributed by atoms with Gasteiger partial charge in [-0.1, -0.05) is 12.1 Å². The molecule has 1 aromatic heterocycles. The van der Waals surface area contributed by atoms with Gasteiger partial charge in [0.2, 0.25) is 11.9 Å². The van der Waals surface area contributed by atoms with Crippen LogP contribution in [0.5, 0.6) is 5.75 Å². The maximum Gasteiger partial charge on any atom is 0.414 e. The molecule has 5 rings (SSSR count). The number of ether oxygens (including phenoxy) is 3. The van der Waals surface area contributed by atoms with E-state index in [1.165, 1.54) is 49.4 Å². The maximum absolute atomic E-state index is 13.9. The fourth-order valence-corrected chi connectivity index (χ4v) is 7.12. The lowest BCUT2D eigenvalue weighted by Crippen LogP contribution is -2.47. The number of alkyl carbamates (subject to hydrolysis) is 2. The number of Topliss-reactive ketones (excluding diaryl/α,β-unsaturated/α-hetero) is 2. The van der Waals surface area contributed by atoms with Crippen molar-refractivity contribution in [1.29, 1.82) is 0 Å². The molecular formula is C43H48N4O9S. The van der Waals surface area contributed by atoms with Crippen molar-refractivity contribution in [2.45, 2.75) is 92.4 Å². The highest BCUT2D eigenvalue weighted by molar-refractivity contribution is 7.20. The molecule has 2 N–H and O–H groups in total. The molecule has 300 valence electrons. The lowest BCUT2D eigenvalue weighted by Gasteiger charge is -2.30. The van der Waals surface area contributed by atoms with Gasteiger partial charge in [-0.3, -0.25) is 25.0 Å². The molecular weight excluding hydrogens is 749 g/mol. The molecule has 0 radical (unpaired) electrons. The number of amides is 3. The number of fused-ring (bicyclic) bond motifs is 2. The van der Waals surface area contributed by atoms with E-state index < -0.39 is 29.4 Å². The summed E-state index contributed by atoms with van der Waals surface area (Å²) in [6, 6.07) is 19.1. The van der Waals surface area contributed by atoms with Gasteiger partial charge in [0, 0.05) is 17.2 Å². The molecule has 1 aliphatic rings. The summed E-state index contributed by atoms with van der Waals surface area (Å²) in [5, 5.41) is 5.76. The molecule has 0 bridgehead atoms. The predicted molar refractivity (Wildman–Crippen MR) is 217 cm³/mol. The van der Waals surface area contributed by atoms with E-state index in [2.05, 4.69) is 15.6 Å². The van der Waals surface area contributed by atoms with Gasteiger partial charge in [-0.2, -0.15) is 0 Å². The van der Waals surface area contributed by atoms with Crippen LogP contribution in [0.15, 0.2) is 71.7 Å². The van der Waals surface area contributed by atoms with Crippen LogP contribution in [-0.2, 0) is 38.4 Å². The highest BCUT2D eigenvalue weighted by Gasteiger charge is 2.30. The first-order valence-corrected chi connectivity index (χ1v) is 19.4. The Morgan fingerprint density at radius 2 is 1.46 bits per heavy atom. The molecule has 1 heterocycles. The molecule has 0 saturated heterocycles. The molecule has 3 aromatic carbocycles. The fraction of sp³-hybridized carbons (Fsp3) is 0.372. The Kier molecular flexibility index (Phi) is 13.0. The Bertz CT molecular complexity index is 2200. The van der Waals surface area contributed by atoms with Crippen LogP contribution in [0.2, 0.25) is 0 Å². The van der Waals surface area contributed by atoms with E-state index in [1.54, 1.807) is 52.5 Å². The van der Waals surface area contributed by atoms with Crippen molar-refractivity contribution in [3.8, 4) is 5.75 Å². The van der Waals surface area contributed by atoms with Gasteiger partial charge in [0.15, 0.2) is 5.78 Å². The number of hydrogen-bond acceptors (Lipinski definition) is 11. The Morgan fingerprint density at radius 3 is 2.05 bits per heavy atom. The zero-order valence-electron chi connectivity index (χ0n) is 33.4. The van der Waals surface area contributed by atoms with Crippen LogP contribution in [0.1, 0.15) is 98.5 Å². The minimum Gasteiger partial charge on any atom is -0.444 e. The zero-order chi connectivity index (χ0) is 41.7. The van der Waals surface area contributed by atoms with Crippen molar-refractivity contribution >= 4 is 68.7 Å². The molecule has 4 aromatic rings. The van der Waals surface area contributed by atoms with E-state index in [1.807, 2.05) is 36.4 Å². The first-order valence-electron chi connectivity index (χ1n) is 18.6. The Labute approximate surface area is 335 Å². The van der Waals surface area contributed by atoms with Crippen LogP contribution in [0, 0.1) is 5.92 Å². The van der Waals surface area contributed by atoms with Gasteiger partial charge >= 0.3 is 18.2 Å². The lowest BCUT2D eigenvalue weighted by molar-refractivity contribution is -0.139. The van der Waals surface area contributed by atoms with Crippen LogP contribution >= 0.6 is 11.3 Å². The summed E-state index contributed by atoms with van der Waals surface area (Å²) >= 11 is 1.43. The maximum atomic E-state index is 13.9. The summed E-state index contributed by atoms with van der Waals surface area (Å²) in [6.45, 7) is 13.5. The number of carbonyl (C=O) groups is 6. The van der Waals surface area contributed by atoms with Crippen molar-refractivity contribution in [2.75, 3.05) is 6.54 Å². The summed E-state index contributed by atoms with van der Waals surface area (Å²) in [6.07, 6.45) is -0.0388. The van der Waals surface area contributed by atoms with Gasteiger partial charge in [-0.25, -0.2) is 19.4 Å². The van der Waals surface area contributed by atoms with Crippen LogP contribution < -0.4 is 15.4 Å². The Morgan fingerprint density at radius 1 is 0.807 bits per heavy atom. The molecule has 14 heteroatoms. The van der Waals surface area contributed by atoms with E-state index in [0.29, 0.717) is 35.6 Å². The van der Waals surface area contributed by atoms with Gasteiger partial charge in [0.25, 0.3) is 0 Å². The molecule has 0 fully saturated rings. The number of aliphatic imine (C=N–C) groups is 1. The molecule has 3 amide bonds. The largest absolute Gasteiger partial charge is 0.444 e. The van der Waals surface area contributed by atoms with Crippen molar-refractivity contribution < 1.29 is 43.0 Å². The first-order chi connectivity index (χ1) is 26.7. The average molecular weight is 797 g/mol. The third kappa shape index (κ3) is 12.3. The standard InChI is InChI=1S/C43H48N4O9S/c1-25(48)23-47(24-27-9-18-35-32(19-27)22-36(57-35)26(2)49)37(50)31-11-10-30-21-34(17-14-29(30)20-31)54-38(51)28-12-15-33(16-13-28)44-39(45-40(52)55-42(3,4)5)46-41(53)56-43(6,7)8/h9,12-19,21-22,31H,10-11,20,23-24H2,1-8H3,(H2,44,45,46,52,53). The molecule has 1 atom stereocenters. The highest BCUT2D eigenvalue weighted by Crippen LogP contribution is 2.32. The monoisotopic (exact) mass is 796 g/mol. The van der Waals surface area contributed by atoms with Crippen molar-refractivity contribution in [3.05, 3.63) is 93.9 Å². The van der Waals surface area contributed by atoms with Crippen LogP contribution in [-0.4, -0.2) is 64.2 Å². The molecule has 57 heavy (non-hydrogen) atoms. The van der Waals surface area contributed by atoms with E-state index in [-0.39, 0.29) is 48.0 Å². The Balaban J connectivity index is 1.23. The normalized spacial score (nSPS) is 13.8. The number of thiophene rings is 1. The average Bonchev–Trinajstić information content (AvgIpc) is 3.53. The van der Waals surface area contributed by atoms with E-state index >= 15 is 0 Å². The molecule has 13 nitrogen and oxygen atoms in total. The van der Waals surface area contributed by atoms with E-state index in [4.69, 9.17) is 14.2 Å². The molecule has 1 aliphatic carbocycles. The van der Waals surface area contributed by atoms with Crippen molar-refractivity contribution in [2.24, 2.45) is 10.9 Å². The second-order valence-electron chi connectivity index (χ2n) is 16.0. The third-order valence-corrected chi connectivity index (χ3v) is 9.79. The van der Waals surface area contributed by atoms with Gasteiger partial charge in [0.1, 0.15) is 22.7 Å². The van der Waals surface area contributed by atoms with Gasteiger partial charge in [0.05, 0.1) is 22.7 Å². The third-order valence-electron chi connectivity index (χ3n) is 8.57. The lowest BCUT2D eigenvalue weighted by atomic mass is 9.83.